The zero-order valence-electron chi connectivity index (χ0n) is 8.00. The van der Waals surface area contributed by atoms with Crippen LogP contribution >= 0.6 is 22.6 Å². The van der Waals surface area contributed by atoms with E-state index in [0.29, 0.717) is 0 Å². The first-order valence-electron chi connectivity index (χ1n) is 3.98. The molecule has 0 unspecified atom stereocenters. The highest BCUT2D eigenvalue weighted by Crippen LogP contribution is 2.24. The number of halogens is 3. The smallest absolute Gasteiger partial charge is 0.340 e. The minimum Gasteiger partial charge on any atom is -0.465 e. The van der Waals surface area contributed by atoms with E-state index in [1.54, 1.807) is 28.7 Å². The van der Waals surface area contributed by atoms with Crippen molar-refractivity contribution in [2.24, 2.45) is 0 Å². The molecule has 7 heteroatoms. The molecule has 0 N–H and O–H groups in total. The summed E-state index contributed by atoms with van der Waals surface area (Å²) in [5, 5.41) is 8.69. The zero-order chi connectivity index (χ0) is 12.3. The van der Waals surface area contributed by atoms with Crippen LogP contribution in [0.15, 0.2) is 6.07 Å². The van der Waals surface area contributed by atoms with Gasteiger partial charge in [0.15, 0.2) is 5.69 Å². The quantitative estimate of drug-likeness (QED) is 0.613. The highest BCUT2D eigenvalue weighted by Gasteiger charge is 2.21. The van der Waals surface area contributed by atoms with Gasteiger partial charge >= 0.3 is 5.97 Å². The molecular weight excluding hydrogens is 333 g/mol. The first kappa shape index (κ1) is 12.8. The molecular formula is C9H5F2IN2O2. The standard InChI is InChI=1S/C9H5F2IN2O2/c1-16-9(15)4-2-5(12)7(8(10)11)14-6(4)3-13/h2,8H,1H3. The average Bonchev–Trinajstić information content (AvgIpc) is 2.27. The van der Waals surface area contributed by atoms with E-state index >= 15 is 0 Å². The van der Waals surface area contributed by atoms with Gasteiger partial charge in [0.05, 0.1) is 12.7 Å². The minimum absolute atomic E-state index is 0.112. The van der Waals surface area contributed by atoms with Gasteiger partial charge < -0.3 is 4.74 Å². The Labute approximate surface area is 103 Å². The number of carbonyl (C=O) groups is 1. The van der Waals surface area contributed by atoms with Crippen LogP contribution in [0, 0.1) is 14.9 Å². The van der Waals surface area contributed by atoms with E-state index in [0.717, 1.165) is 7.11 Å². The van der Waals surface area contributed by atoms with Crippen molar-refractivity contribution in [3.05, 3.63) is 26.6 Å². The van der Waals surface area contributed by atoms with Gasteiger partial charge in [-0.1, -0.05) is 0 Å². The number of alkyl halides is 2. The second-order valence-electron chi connectivity index (χ2n) is 2.66. The molecule has 0 radical (unpaired) electrons. The Morgan fingerprint density at radius 1 is 1.69 bits per heavy atom. The largest absolute Gasteiger partial charge is 0.465 e. The number of hydrogen-bond acceptors (Lipinski definition) is 4. The van der Waals surface area contributed by atoms with Gasteiger partial charge in [0.25, 0.3) is 6.43 Å². The van der Waals surface area contributed by atoms with Gasteiger partial charge in [-0.3, -0.25) is 0 Å². The van der Waals surface area contributed by atoms with Crippen molar-refractivity contribution < 1.29 is 18.3 Å². The summed E-state index contributed by atoms with van der Waals surface area (Å²) in [5.41, 5.74) is -0.980. The fraction of sp³-hybridized carbons (Fsp3) is 0.222. The van der Waals surface area contributed by atoms with E-state index in [-0.39, 0.29) is 14.8 Å². The topological polar surface area (TPSA) is 63.0 Å². The molecule has 0 spiro atoms. The SMILES string of the molecule is COC(=O)c1cc(I)c(C(F)F)nc1C#N. The summed E-state index contributed by atoms with van der Waals surface area (Å²) < 4.78 is 29.5. The number of aromatic nitrogens is 1. The Bertz CT molecular complexity index is 471. The van der Waals surface area contributed by atoms with Crippen molar-refractivity contribution in [1.82, 2.24) is 4.98 Å². The lowest BCUT2D eigenvalue weighted by atomic mass is 10.2. The first-order chi connectivity index (χ1) is 7.51. The number of nitrogens with zero attached hydrogens (tertiary/aromatic N) is 2. The summed E-state index contributed by atoms with van der Waals surface area (Å²) in [7, 11) is 1.14. The maximum Gasteiger partial charge on any atom is 0.340 e. The van der Waals surface area contributed by atoms with Gasteiger partial charge in [-0.2, -0.15) is 5.26 Å². The number of esters is 1. The van der Waals surface area contributed by atoms with Crippen molar-refractivity contribution in [3.8, 4) is 6.07 Å². The molecule has 4 nitrogen and oxygen atoms in total. The molecule has 0 aliphatic carbocycles. The molecule has 0 aromatic carbocycles. The van der Waals surface area contributed by atoms with Crippen molar-refractivity contribution >= 4 is 28.6 Å². The van der Waals surface area contributed by atoms with E-state index in [1.807, 2.05) is 0 Å². The van der Waals surface area contributed by atoms with Gasteiger partial charge in [-0.25, -0.2) is 18.6 Å². The summed E-state index contributed by atoms with van der Waals surface area (Å²) in [6.07, 6.45) is -2.79. The van der Waals surface area contributed by atoms with E-state index in [1.165, 1.54) is 6.07 Å². The van der Waals surface area contributed by atoms with Crippen LogP contribution in [0.1, 0.15) is 28.2 Å². The molecule has 1 rings (SSSR count). The molecule has 0 fully saturated rings. The molecule has 0 saturated heterocycles. The van der Waals surface area contributed by atoms with Gasteiger partial charge in [-0.15, -0.1) is 0 Å². The molecule has 0 saturated carbocycles. The lowest BCUT2D eigenvalue weighted by Crippen LogP contribution is -2.09. The van der Waals surface area contributed by atoms with Crippen LogP contribution in [0.4, 0.5) is 8.78 Å². The van der Waals surface area contributed by atoms with Crippen LogP contribution in [0.5, 0.6) is 0 Å². The third-order valence-corrected chi connectivity index (χ3v) is 2.59. The molecule has 16 heavy (non-hydrogen) atoms. The predicted molar refractivity (Wildman–Crippen MR) is 58.0 cm³/mol. The number of nitriles is 1. The summed E-state index contributed by atoms with van der Waals surface area (Å²) >= 11 is 1.62. The molecule has 1 aromatic rings. The van der Waals surface area contributed by atoms with E-state index in [2.05, 4.69) is 9.72 Å². The number of carbonyl (C=O) groups excluding carboxylic acids is 1. The minimum atomic E-state index is -2.79. The molecule has 0 bridgehead atoms. The number of ether oxygens (including phenoxy) is 1. The lowest BCUT2D eigenvalue weighted by Gasteiger charge is -2.06. The summed E-state index contributed by atoms with van der Waals surface area (Å²) in [4.78, 5) is 14.7. The van der Waals surface area contributed by atoms with E-state index < -0.39 is 18.1 Å². The number of methoxy groups -OCH3 is 1. The average molecular weight is 338 g/mol. The molecule has 1 heterocycles. The molecule has 84 valence electrons. The normalized spacial score (nSPS) is 10.0. The summed E-state index contributed by atoms with van der Waals surface area (Å²) in [6, 6.07) is 2.75. The molecule has 0 amide bonds. The Morgan fingerprint density at radius 2 is 2.31 bits per heavy atom. The number of pyridine rings is 1. The summed E-state index contributed by atoms with van der Waals surface area (Å²) in [5.74, 6) is -0.775. The zero-order valence-corrected chi connectivity index (χ0v) is 10.2. The second kappa shape index (κ2) is 5.16. The Hall–Kier alpha value is -1.30. The first-order valence-corrected chi connectivity index (χ1v) is 5.06. The Kier molecular flexibility index (Phi) is 4.12. The highest BCUT2D eigenvalue weighted by atomic mass is 127. The second-order valence-corrected chi connectivity index (χ2v) is 3.82. The van der Waals surface area contributed by atoms with Crippen molar-refractivity contribution in [3.63, 3.8) is 0 Å². The third kappa shape index (κ3) is 2.44. The highest BCUT2D eigenvalue weighted by molar-refractivity contribution is 14.1. The maximum absolute atomic E-state index is 12.5. The fourth-order valence-corrected chi connectivity index (χ4v) is 1.67. The van der Waals surface area contributed by atoms with Crippen molar-refractivity contribution in [2.75, 3.05) is 7.11 Å². The van der Waals surface area contributed by atoms with E-state index in [9.17, 15) is 13.6 Å². The fourth-order valence-electron chi connectivity index (χ4n) is 1.01. The van der Waals surface area contributed by atoms with Gasteiger partial charge in [0.1, 0.15) is 11.8 Å². The third-order valence-electron chi connectivity index (χ3n) is 1.72. The van der Waals surface area contributed by atoms with Crippen LogP contribution in [-0.2, 0) is 4.74 Å². The van der Waals surface area contributed by atoms with Crippen LogP contribution in [0.3, 0.4) is 0 Å². The van der Waals surface area contributed by atoms with Crippen LogP contribution in [0.25, 0.3) is 0 Å². The van der Waals surface area contributed by atoms with Crippen LogP contribution < -0.4 is 0 Å². The van der Waals surface area contributed by atoms with Crippen molar-refractivity contribution in [1.29, 1.82) is 5.26 Å². The van der Waals surface area contributed by atoms with Crippen LogP contribution in [-0.4, -0.2) is 18.1 Å². The number of rotatable bonds is 2. The lowest BCUT2D eigenvalue weighted by molar-refractivity contribution is 0.0599. The van der Waals surface area contributed by atoms with E-state index in [4.69, 9.17) is 5.26 Å². The predicted octanol–water partition coefficient (Wildman–Crippen LogP) is 2.28. The molecule has 0 atom stereocenters. The van der Waals surface area contributed by atoms with Gasteiger partial charge in [-0.05, 0) is 28.7 Å². The Morgan fingerprint density at radius 3 is 2.75 bits per heavy atom. The van der Waals surface area contributed by atoms with Crippen LogP contribution in [0.2, 0.25) is 0 Å². The van der Waals surface area contributed by atoms with Gasteiger partial charge in [0, 0.05) is 3.57 Å². The monoisotopic (exact) mass is 338 g/mol. The van der Waals surface area contributed by atoms with Gasteiger partial charge in [0.2, 0.25) is 0 Å². The molecule has 1 aromatic heterocycles. The number of hydrogen-bond donors (Lipinski definition) is 0. The van der Waals surface area contributed by atoms with Crippen molar-refractivity contribution in [2.45, 2.75) is 6.43 Å². The molecule has 0 aliphatic heterocycles. The summed E-state index contributed by atoms with van der Waals surface area (Å²) in [6.45, 7) is 0. The Balaban J connectivity index is 3.39. The molecule has 0 aliphatic rings. The maximum atomic E-state index is 12.5.